The fourth-order valence-corrected chi connectivity index (χ4v) is 32.2. The number of hydrogen-bond donors (Lipinski definition) is 0. The Balaban J connectivity index is 1.82. The minimum atomic E-state index is -1.03. The third-order valence-corrected chi connectivity index (χ3v) is 53.4. The number of halogens is 30. The topological polar surface area (TPSA) is 0 Å². The van der Waals surface area contributed by atoms with Crippen LogP contribution in [0.4, 0.5) is 0 Å². The Morgan fingerprint density at radius 3 is 0.767 bits per heavy atom. The number of rotatable bonds is 14. The predicted molar refractivity (Wildman–Crippen MR) is 467 cm³/mol. The van der Waals surface area contributed by atoms with Gasteiger partial charge >= 0.3 is 0 Å². The van der Waals surface area contributed by atoms with Gasteiger partial charge in [0.1, 0.15) is 0 Å². The summed E-state index contributed by atoms with van der Waals surface area (Å²) in [6.45, 7) is 2.42. The molecule has 0 aromatic heterocycles. The highest BCUT2D eigenvalue weighted by Gasteiger charge is 2.68. The van der Waals surface area contributed by atoms with Gasteiger partial charge in [-0.05, 0) is 578 Å². The van der Waals surface area contributed by atoms with Gasteiger partial charge in [-0.15, -0.1) is 0 Å². The minimum Gasteiger partial charge on any atom is -0.0839 e. The molecule has 1 aliphatic carbocycles. The Morgan fingerprint density at radius 2 is 0.500 bits per heavy atom. The molecule has 8 rings (SSSR count). The molecule has 0 aliphatic heterocycles. The van der Waals surface area contributed by atoms with Crippen LogP contribution in [0.2, 0.25) is 0 Å². The molecular formula is C56H24Br30. The molecule has 0 radical (unpaired) electrons. The quantitative estimate of drug-likeness (QED) is 0.0578. The summed E-state index contributed by atoms with van der Waals surface area (Å²) in [5.41, 5.74) is 4.41. The molecule has 86 heavy (non-hydrogen) atoms. The van der Waals surface area contributed by atoms with Crippen molar-refractivity contribution in [1.29, 1.82) is 0 Å². The second kappa shape index (κ2) is 32.8. The largest absolute Gasteiger partial charge is 0.0839 e. The zero-order valence-electron chi connectivity index (χ0n) is 41.8. The predicted octanol–water partition coefficient (Wildman–Crippen LogP) is 36.3. The van der Waals surface area contributed by atoms with Crippen LogP contribution < -0.4 is 0 Å². The van der Waals surface area contributed by atoms with E-state index in [1.54, 1.807) is 0 Å². The number of allylic oxidation sites excluding steroid dienone is 2. The molecule has 7 aromatic carbocycles. The molecule has 0 heterocycles. The second-order valence-corrected chi connectivity index (χ2v) is 43.5. The van der Waals surface area contributed by atoms with Crippen molar-refractivity contribution in [3.05, 3.63) is 216 Å². The first-order chi connectivity index (χ1) is 40.0. The van der Waals surface area contributed by atoms with Crippen molar-refractivity contribution in [3.8, 4) is 0 Å². The second-order valence-electron chi connectivity index (χ2n) is 19.8. The van der Waals surface area contributed by atoms with Crippen LogP contribution in [0.5, 0.6) is 0 Å². The van der Waals surface area contributed by atoms with E-state index < -0.39 is 16.2 Å². The monoisotopic (exact) mass is 3060 g/mol. The lowest BCUT2D eigenvalue weighted by atomic mass is 9.35. The van der Waals surface area contributed by atoms with Crippen LogP contribution in [0.15, 0.2) is 177 Å². The van der Waals surface area contributed by atoms with Crippen molar-refractivity contribution in [1.82, 2.24) is 0 Å². The fourth-order valence-electron chi connectivity index (χ4n) is 11.7. The van der Waals surface area contributed by atoms with E-state index in [1.165, 1.54) is 0 Å². The molecule has 1 aliphatic rings. The average molecular weight is 3090 g/mol. The van der Waals surface area contributed by atoms with Crippen LogP contribution in [0.25, 0.3) is 0 Å². The molecule has 0 nitrogen and oxygen atoms in total. The highest BCUT2D eigenvalue weighted by atomic mass is 79.9. The van der Waals surface area contributed by atoms with E-state index in [0.717, 1.165) is 173 Å². The van der Waals surface area contributed by atoms with Crippen LogP contribution in [0.3, 0.4) is 0 Å². The van der Waals surface area contributed by atoms with Gasteiger partial charge in [0.25, 0.3) is 0 Å². The summed E-state index contributed by atoms with van der Waals surface area (Å²) in [5.74, 6) is -0.582. The molecule has 0 N–H and O–H groups in total. The summed E-state index contributed by atoms with van der Waals surface area (Å²) in [4.78, 5) is 0. The molecule has 0 spiro atoms. The Labute approximate surface area is 751 Å². The molecule has 0 bridgehead atoms. The van der Waals surface area contributed by atoms with Gasteiger partial charge in [0.05, 0.1) is 0 Å². The van der Waals surface area contributed by atoms with Gasteiger partial charge in [-0.3, -0.25) is 0 Å². The summed E-state index contributed by atoms with van der Waals surface area (Å²) < 4.78 is 26.1. The molecule has 0 saturated heterocycles. The van der Waals surface area contributed by atoms with Crippen molar-refractivity contribution >= 4 is 478 Å². The van der Waals surface area contributed by atoms with E-state index in [-0.39, 0.29) is 11.8 Å². The van der Waals surface area contributed by atoms with Crippen molar-refractivity contribution in [2.45, 2.75) is 51.4 Å². The maximum absolute atomic E-state index is 4.32. The lowest BCUT2D eigenvalue weighted by molar-refractivity contribution is -0.116. The molecule has 0 saturated carbocycles. The number of hydrogen-bond acceptors (Lipinski definition) is 0. The first-order valence-corrected chi connectivity index (χ1v) is 47.6. The normalized spacial score (nSPS) is 16.8. The average Bonchev–Trinajstić information content (AvgIpc) is 0.781. The van der Waals surface area contributed by atoms with Crippen molar-refractivity contribution in [3.63, 3.8) is 0 Å². The molecular weight excluding hydrogens is 3070 g/mol. The third-order valence-electron chi connectivity index (χ3n) is 15.9. The van der Waals surface area contributed by atoms with E-state index in [0.29, 0.717) is 38.5 Å². The van der Waals surface area contributed by atoms with E-state index in [1.807, 2.05) is 0 Å². The van der Waals surface area contributed by atoms with Crippen LogP contribution in [0, 0.1) is 22.2 Å². The van der Waals surface area contributed by atoms with E-state index in [2.05, 4.69) is 527 Å². The highest BCUT2D eigenvalue weighted by molar-refractivity contribution is 9.19. The summed E-state index contributed by atoms with van der Waals surface area (Å²) in [6, 6.07) is 11.0. The number of benzene rings is 7. The molecule has 3 atom stereocenters. The van der Waals surface area contributed by atoms with Gasteiger partial charge in [-0.25, -0.2) is 0 Å². The maximum Gasteiger partial charge on any atom is 0.0482 e. The van der Waals surface area contributed by atoms with E-state index in [9.17, 15) is 0 Å². The minimum absolute atomic E-state index is 0.250. The first-order valence-electron chi connectivity index (χ1n) is 23.8. The molecule has 0 fully saturated rings. The highest BCUT2D eigenvalue weighted by Crippen LogP contribution is 2.74. The van der Waals surface area contributed by atoms with Crippen molar-refractivity contribution in [2.75, 3.05) is 0 Å². The Kier molecular flexibility index (Phi) is 30.6. The summed E-state index contributed by atoms with van der Waals surface area (Å²) in [5, 5.41) is 0. The van der Waals surface area contributed by atoms with Gasteiger partial charge in [-0.2, -0.15) is 0 Å². The summed E-state index contributed by atoms with van der Waals surface area (Å²) in [7, 11) is 0. The fraction of sp³-hybridized carbons (Fsp3) is 0.214. The van der Waals surface area contributed by atoms with Crippen LogP contribution >= 0.6 is 478 Å². The zero-order chi connectivity index (χ0) is 64.2. The van der Waals surface area contributed by atoms with Crippen molar-refractivity contribution in [2.24, 2.45) is 22.2 Å². The van der Waals surface area contributed by atoms with Gasteiger partial charge in [0, 0.05) is 140 Å². The standard InChI is InChI=1S/C56H24Br30/c1-15(16-5-3-2-4-6-16)54(10-19-26(59)38(71)49(82)39(72)27(19)60)8-7-17(9-18-24(57)36(69)48(81)37(70)25(18)58)55(11-20-28(61)40(73)50(83)41(74)29(20)62,12-21-30(63)42(75)51(84)43(76)31(21)64)56(54,13-22-32(65)44(77)52(85)45(78)33(22)66)14-23-34(67)46(79)53(86)47(80)35(23)68/h2-8,15,17H,9-14H2,1H3. The first kappa shape index (κ1) is 80.4. The van der Waals surface area contributed by atoms with Gasteiger partial charge in [0.2, 0.25) is 0 Å². The van der Waals surface area contributed by atoms with E-state index >= 15 is 0 Å². The third kappa shape index (κ3) is 14.8. The molecule has 0 amide bonds. The van der Waals surface area contributed by atoms with Gasteiger partial charge < -0.3 is 0 Å². The summed E-state index contributed by atoms with van der Waals surface area (Å²) in [6.07, 6.45) is 7.94. The smallest absolute Gasteiger partial charge is 0.0482 e. The van der Waals surface area contributed by atoms with E-state index in [4.69, 9.17) is 0 Å². The van der Waals surface area contributed by atoms with Crippen molar-refractivity contribution < 1.29 is 0 Å². The lowest BCUT2D eigenvalue weighted by Crippen LogP contribution is -2.65. The van der Waals surface area contributed by atoms with Crippen LogP contribution in [-0.2, 0) is 38.5 Å². The molecule has 30 heteroatoms. The van der Waals surface area contributed by atoms with Crippen LogP contribution in [0.1, 0.15) is 51.8 Å². The Bertz CT molecular complexity index is 3690. The Morgan fingerprint density at radius 1 is 0.279 bits per heavy atom. The van der Waals surface area contributed by atoms with Crippen LogP contribution in [-0.4, -0.2) is 0 Å². The molecule has 458 valence electrons. The lowest BCUT2D eigenvalue weighted by Gasteiger charge is -2.68. The Hall–Kier alpha value is 8.68. The van der Waals surface area contributed by atoms with Gasteiger partial charge in [-0.1, -0.05) is 49.4 Å². The SMILES string of the molecule is CC(c1ccccc1)C1(Cc2c(Br)c(Br)c(Br)c(Br)c2Br)C=CC(Cc2c(Br)c(Br)c(Br)c(Br)c2Br)C(Cc2c(Br)c(Br)c(Br)c(Br)c2Br)(Cc2c(Br)c(Br)c(Br)c(Br)c2Br)C1(Cc1c(Br)c(Br)c(Br)c(Br)c1Br)Cc1c(Br)c(Br)c(Br)c(Br)c1Br. The maximum atomic E-state index is 4.32. The summed E-state index contributed by atoms with van der Waals surface area (Å²) >= 11 is 124. The van der Waals surface area contributed by atoms with Gasteiger partial charge in [0.15, 0.2) is 0 Å². The molecule has 3 unspecified atom stereocenters. The zero-order valence-corrected chi connectivity index (χ0v) is 89.4. The molecule has 7 aromatic rings.